The van der Waals surface area contributed by atoms with E-state index in [0.29, 0.717) is 12.6 Å². The Morgan fingerprint density at radius 3 is 2.80 bits per heavy atom. The molecule has 20 heavy (non-hydrogen) atoms. The number of nitrogens with one attached hydrogen (secondary N) is 1. The summed E-state index contributed by atoms with van der Waals surface area (Å²) in [5, 5.41) is 3.32. The number of carbonyl (C=O) groups excluding carboxylic acids is 1. The van der Waals surface area contributed by atoms with Crippen molar-refractivity contribution in [2.45, 2.75) is 24.9 Å². The number of benzene rings is 1. The summed E-state index contributed by atoms with van der Waals surface area (Å²) in [6.07, 6.45) is 2.27. The van der Waals surface area contributed by atoms with Crippen LogP contribution in [0.5, 0.6) is 5.75 Å². The van der Waals surface area contributed by atoms with Gasteiger partial charge in [0, 0.05) is 31.4 Å². The van der Waals surface area contributed by atoms with Crippen molar-refractivity contribution in [2.24, 2.45) is 0 Å². The zero-order valence-corrected chi connectivity index (χ0v) is 12.3. The fraction of sp³-hybridized carbons (Fsp3) is 0.533. The summed E-state index contributed by atoms with van der Waals surface area (Å²) >= 11 is 0. The molecule has 1 aliphatic rings. The van der Waals surface area contributed by atoms with Crippen LogP contribution in [-0.2, 0) is 9.53 Å². The van der Waals surface area contributed by atoms with Crippen molar-refractivity contribution in [3.8, 4) is 5.75 Å². The molecular weight excluding hydrogens is 256 g/mol. The third kappa shape index (κ3) is 3.87. The van der Waals surface area contributed by atoms with Gasteiger partial charge in [0.1, 0.15) is 11.8 Å². The lowest BCUT2D eigenvalue weighted by Crippen LogP contribution is -2.46. The topological polar surface area (TPSA) is 50.8 Å². The van der Waals surface area contributed by atoms with Crippen LogP contribution < -0.4 is 15.0 Å². The molecule has 1 aromatic carbocycles. The highest BCUT2D eigenvalue weighted by Gasteiger charge is 2.29. The Labute approximate surface area is 119 Å². The number of rotatable bonds is 7. The van der Waals surface area contributed by atoms with Gasteiger partial charge in [0.15, 0.2) is 0 Å². The van der Waals surface area contributed by atoms with Gasteiger partial charge in [-0.25, -0.2) is 0 Å². The van der Waals surface area contributed by atoms with Crippen LogP contribution in [0.1, 0.15) is 12.8 Å². The quantitative estimate of drug-likeness (QED) is 0.765. The predicted molar refractivity (Wildman–Crippen MR) is 78.2 cm³/mol. The van der Waals surface area contributed by atoms with E-state index in [4.69, 9.17) is 9.47 Å². The second kappa shape index (κ2) is 6.61. The molecule has 0 aromatic heterocycles. The largest absolute Gasteiger partial charge is 0.497 e. The summed E-state index contributed by atoms with van der Waals surface area (Å²) in [6.45, 7) is 0.566. The summed E-state index contributed by atoms with van der Waals surface area (Å²) in [5.41, 5.74) is 1.01. The number of ether oxygens (including phenoxy) is 2. The SMILES string of the molecule is COC(=O)C(CN(C)c1cccc(OC)c1)NC1CC1. The van der Waals surface area contributed by atoms with Crippen molar-refractivity contribution < 1.29 is 14.3 Å². The Kier molecular flexibility index (Phi) is 4.84. The fourth-order valence-corrected chi connectivity index (χ4v) is 2.10. The molecule has 1 N–H and O–H groups in total. The number of nitrogens with zero attached hydrogens (tertiary/aromatic N) is 1. The maximum atomic E-state index is 11.8. The van der Waals surface area contributed by atoms with Crippen LogP contribution >= 0.6 is 0 Å². The average Bonchev–Trinajstić information content (AvgIpc) is 3.29. The summed E-state index contributed by atoms with van der Waals surface area (Å²) in [4.78, 5) is 13.9. The van der Waals surface area contributed by atoms with Gasteiger partial charge in [-0.05, 0) is 25.0 Å². The average molecular weight is 278 g/mol. The molecule has 1 unspecified atom stereocenters. The monoisotopic (exact) mass is 278 g/mol. The zero-order valence-electron chi connectivity index (χ0n) is 12.3. The van der Waals surface area contributed by atoms with Gasteiger partial charge in [0.2, 0.25) is 0 Å². The van der Waals surface area contributed by atoms with Gasteiger partial charge in [0.25, 0.3) is 0 Å². The Bertz CT molecular complexity index is 460. The van der Waals surface area contributed by atoms with Crippen LogP contribution in [0.4, 0.5) is 5.69 Å². The van der Waals surface area contributed by atoms with Crippen LogP contribution in [0.2, 0.25) is 0 Å². The number of anilines is 1. The number of hydrogen-bond acceptors (Lipinski definition) is 5. The first-order valence-corrected chi connectivity index (χ1v) is 6.83. The van der Waals surface area contributed by atoms with Gasteiger partial charge in [0.05, 0.1) is 14.2 Å². The van der Waals surface area contributed by atoms with Crippen LogP contribution in [-0.4, -0.2) is 45.9 Å². The summed E-state index contributed by atoms with van der Waals surface area (Å²) in [6, 6.07) is 7.94. The minimum absolute atomic E-state index is 0.216. The smallest absolute Gasteiger partial charge is 0.324 e. The van der Waals surface area contributed by atoms with E-state index in [0.717, 1.165) is 24.3 Å². The predicted octanol–water partition coefficient (Wildman–Crippen LogP) is 1.42. The van der Waals surface area contributed by atoms with Crippen molar-refractivity contribution in [3.05, 3.63) is 24.3 Å². The normalized spacial score (nSPS) is 15.6. The molecule has 1 aromatic rings. The van der Waals surface area contributed by atoms with E-state index in [1.165, 1.54) is 7.11 Å². The van der Waals surface area contributed by atoms with Crippen LogP contribution in [0.3, 0.4) is 0 Å². The maximum absolute atomic E-state index is 11.8. The highest BCUT2D eigenvalue weighted by atomic mass is 16.5. The van der Waals surface area contributed by atoms with E-state index in [1.807, 2.05) is 36.2 Å². The molecule has 5 nitrogen and oxygen atoms in total. The summed E-state index contributed by atoms with van der Waals surface area (Å²) < 4.78 is 10.1. The third-order valence-corrected chi connectivity index (χ3v) is 3.45. The molecular formula is C15H22N2O3. The van der Waals surface area contributed by atoms with E-state index in [2.05, 4.69) is 5.32 Å². The van der Waals surface area contributed by atoms with Gasteiger partial charge in [-0.1, -0.05) is 6.07 Å². The molecule has 1 fully saturated rings. The number of hydrogen-bond donors (Lipinski definition) is 1. The lowest BCUT2D eigenvalue weighted by Gasteiger charge is -2.25. The van der Waals surface area contributed by atoms with Gasteiger partial charge < -0.3 is 19.7 Å². The lowest BCUT2D eigenvalue weighted by atomic mass is 10.2. The molecule has 1 aliphatic carbocycles. The fourth-order valence-electron chi connectivity index (χ4n) is 2.10. The molecule has 5 heteroatoms. The third-order valence-electron chi connectivity index (χ3n) is 3.45. The molecule has 0 amide bonds. The first kappa shape index (κ1) is 14.7. The van der Waals surface area contributed by atoms with Crippen LogP contribution in [0.25, 0.3) is 0 Å². The zero-order chi connectivity index (χ0) is 14.5. The molecule has 0 saturated heterocycles. The highest BCUT2D eigenvalue weighted by molar-refractivity contribution is 5.76. The number of methoxy groups -OCH3 is 2. The standard InChI is InChI=1S/C15H22N2O3/c1-17(12-5-4-6-13(9-12)19-2)10-14(15(18)20-3)16-11-7-8-11/h4-6,9,11,14,16H,7-8,10H2,1-3H3. The molecule has 1 atom stereocenters. The Hall–Kier alpha value is -1.75. The molecule has 2 rings (SSSR count). The number of likely N-dealkylation sites (N-methyl/N-ethyl adjacent to an activating group) is 1. The van der Waals surface area contributed by atoms with Gasteiger partial charge in [-0.3, -0.25) is 4.79 Å². The van der Waals surface area contributed by atoms with E-state index in [-0.39, 0.29) is 12.0 Å². The van der Waals surface area contributed by atoms with E-state index in [1.54, 1.807) is 7.11 Å². The van der Waals surface area contributed by atoms with Crippen LogP contribution in [0.15, 0.2) is 24.3 Å². The Morgan fingerprint density at radius 2 is 2.20 bits per heavy atom. The number of carbonyl (C=O) groups is 1. The van der Waals surface area contributed by atoms with E-state index < -0.39 is 0 Å². The molecule has 0 heterocycles. The van der Waals surface area contributed by atoms with E-state index in [9.17, 15) is 4.79 Å². The van der Waals surface area contributed by atoms with Crippen LogP contribution in [0, 0.1) is 0 Å². The first-order chi connectivity index (χ1) is 9.63. The minimum Gasteiger partial charge on any atom is -0.497 e. The molecule has 0 aliphatic heterocycles. The molecule has 0 spiro atoms. The first-order valence-electron chi connectivity index (χ1n) is 6.83. The highest BCUT2D eigenvalue weighted by Crippen LogP contribution is 2.22. The van der Waals surface area contributed by atoms with Crippen molar-refractivity contribution in [3.63, 3.8) is 0 Å². The van der Waals surface area contributed by atoms with Gasteiger partial charge in [-0.15, -0.1) is 0 Å². The molecule has 1 saturated carbocycles. The molecule has 0 radical (unpaired) electrons. The van der Waals surface area contributed by atoms with Gasteiger partial charge in [-0.2, -0.15) is 0 Å². The molecule has 110 valence electrons. The minimum atomic E-state index is -0.302. The van der Waals surface area contributed by atoms with Crippen molar-refractivity contribution in [1.29, 1.82) is 0 Å². The molecule has 0 bridgehead atoms. The second-order valence-corrected chi connectivity index (χ2v) is 5.10. The number of esters is 1. The Morgan fingerprint density at radius 1 is 1.45 bits per heavy atom. The van der Waals surface area contributed by atoms with Crippen molar-refractivity contribution >= 4 is 11.7 Å². The maximum Gasteiger partial charge on any atom is 0.324 e. The van der Waals surface area contributed by atoms with Crippen molar-refractivity contribution in [1.82, 2.24) is 5.32 Å². The summed E-state index contributed by atoms with van der Waals surface area (Å²) in [7, 11) is 5.03. The van der Waals surface area contributed by atoms with Gasteiger partial charge >= 0.3 is 5.97 Å². The summed E-state index contributed by atoms with van der Waals surface area (Å²) in [5.74, 6) is 0.589. The second-order valence-electron chi connectivity index (χ2n) is 5.10. The Balaban J connectivity index is 2.02. The van der Waals surface area contributed by atoms with Crippen molar-refractivity contribution in [2.75, 3.05) is 32.7 Å². The van der Waals surface area contributed by atoms with E-state index >= 15 is 0 Å². The lowest BCUT2D eigenvalue weighted by molar-refractivity contribution is -0.142.